The standard InChI is InChI=1S/C14H16BrN3O/c1-2-13(18-5-3-17-4-6-18)11-7-10(9-16)8-12(15)14(11)19/h2,7-8,13,17,19H,1,3-6H2/t13-/m0/s1. The highest BCUT2D eigenvalue weighted by molar-refractivity contribution is 9.10. The van der Waals surface area contributed by atoms with E-state index in [2.05, 4.69) is 38.8 Å². The van der Waals surface area contributed by atoms with E-state index in [9.17, 15) is 5.11 Å². The van der Waals surface area contributed by atoms with E-state index in [1.54, 1.807) is 12.1 Å². The van der Waals surface area contributed by atoms with Crippen LogP contribution in [0.25, 0.3) is 0 Å². The van der Waals surface area contributed by atoms with Gasteiger partial charge in [0, 0.05) is 31.7 Å². The number of nitrogens with one attached hydrogen (secondary N) is 1. The third kappa shape index (κ3) is 2.98. The zero-order chi connectivity index (χ0) is 13.8. The third-order valence-corrected chi connectivity index (χ3v) is 3.91. The highest BCUT2D eigenvalue weighted by Crippen LogP contribution is 2.36. The van der Waals surface area contributed by atoms with Crippen molar-refractivity contribution in [3.05, 3.63) is 40.4 Å². The molecule has 100 valence electrons. The van der Waals surface area contributed by atoms with E-state index >= 15 is 0 Å². The van der Waals surface area contributed by atoms with Crippen molar-refractivity contribution < 1.29 is 5.11 Å². The molecule has 1 aliphatic rings. The summed E-state index contributed by atoms with van der Waals surface area (Å²) in [6.45, 7) is 7.50. The molecule has 0 aromatic heterocycles. The number of phenols is 1. The molecule has 2 N–H and O–H groups in total. The molecular weight excluding hydrogens is 306 g/mol. The molecule has 1 atom stereocenters. The Bertz CT molecular complexity index is 518. The van der Waals surface area contributed by atoms with Gasteiger partial charge in [-0.2, -0.15) is 5.26 Å². The van der Waals surface area contributed by atoms with Gasteiger partial charge in [-0.15, -0.1) is 6.58 Å². The largest absolute Gasteiger partial charge is 0.506 e. The van der Waals surface area contributed by atoms with Crippen molar-refractivity contribution in [2.75, 3.05) is 26.2 Å². The number of aromatic hydroxyl groups is 1. The maximum absolute atomic E-state index is 10.2. The van der Waals surface area contributed by atoms with Crippen LogP contribution >= 0.6 is 15.9 Å². The molecule has 1 heterocycles. The Kier molecular flexibility index (Phi) is 4.59. The summed E-state index contributed by atoms with van der Waals surface area (Å²) < 4.78 is 0.545. The van der Waals surface area contributed by atoms with Crippen LogP contribution < -0.4 is 5.32 Å². The van der Waals surface area contributed by atoms with E-state index < -0.39 is 0 Å². The van der Waals surface area contributed by atoms with E-state index in [1.807, 2.05) is 6.08 Å². The Hall–Kier alpha value is -1.35. The molecule has 1 saturated heterocycles. The summed E-state index contributed by atoms with van der Waals surface area (Å²) in [7, 11) is 0. The van der Waals surface area contributed by atoms with Gasteiger partial charge in [0.2, 0.25) is 0 Å². The number of benzene rings is 1. The lowest BCUT2D eigenvalue weighted by atomic mass is 10.0. The second-order valence-corrected chi connectivity index (χ2v) is 5.33. The third-order valence-electron chi connectivity index (χ3n) is 3.31. The summed E-state index contributed by atoms with van der Waals surface area (Å²) in [6, 6.07) is 5.39. The van der Waals surface area contributed by atoms with Crippen molar-refractivity contribution in [2.45, 2.75) is 6.04 Å². The average molecular weight is 322 g/mol. The summed E-state index contributed by atoms with van der Waals surface area (Å²) in [4.78, 5) is 2.24. The molecule has 1 fully saturated rings. The Morgan fingerprint density at radius 1 is 1.47 bits per heavy atom. The van der Waals surface area contributed by atoms with Crippen LogP contribution in [0.4, 0.5) is 0 Å². The van der Waals surface area contributed by atoms with Crippen LogP contribution in [-0.4, -0.2) is 36.2 Å². The maximum atomic E-state index is 10.2. The number of hydrogen-bond donors (Lipinski definition) is 2. The summed E-state index contributed by atoms with van der Waals surface area (Å²) in [6.07, 6.45) is 1.81. The van der Waals surface area contributed by atoms with E-state index in [1.165, 1.54) is 0 Å². The minimum atomic E-state index is -0.0771. The van der Waals surface area contributed by atoms with Gasteiger partial charge in [0.25, 0.3) is 0 Å². The summed E-state index contributed by atoms with van der Waals surface area (Å²) in [5.41, 5.74) is 1.25. The van der Waals surface area contributed by atoms with Gasteiger partial charge in [-0.25, -0.2) is 0 Å². The molecule has 4 nitrogen and oxygen atoms in total. The van der Waals surface area contributed by atoms with Gasteiger partial charge in [-0.05, 0) is 28.1 Å². The molecule has 0 spiro atoms. The van der Waals surface area contributed by atoms with Gasteiger partial charge >= 0.3 is 0 Å². The lowest BCUT2D eigenvalue weighted by Gasteiger charge is -2.33. The summed E-state index contributed by atoms with van der Waals surface area (Å²) >= 11 is 3.29. The molecule has 1 aromatic carbocycles. The van der Waals surface area contributed by atoms with Gasteiger partial charge < -0.3 is 10.4 Å². The number of nitrogens with zero attached hydrogens (tertiary/aromatic N) is 2. The van der Waals surface area contributed by atoms with Crippen LogP contribution in [0.3, 0.4) is 0 Å². The zero-order valence-corrected chi connectivity index (χ0v) is 12.2. The number of nitriles is 1. The molecule has 0 saturated carbocycles. The first-order valence-corrected chi connectivity index (χ1v) is 6.96. The van der Waals surface area contributed by atoms with Crippen LogP contribution in [-0.2, 0) is 0 Å². The van der Waals surface area contributed by atoms with Crippen LogP contribution in [0.5, 0.6) is 5.75 Å². The number of piperazine rings is 1. The molecular formula is C14H16BrN3O. The van der Waals surface area contributed by atoms with Crippen molar-refractivity contribution in [3.63, 3.8) is 0 Å². The first-order valence-electron chi connectivity index (χ1n) is 6.17. The van der Waals surface area contributed by atoms with Gasteiger partial charge in [-0.1, -0.05) is 6.08 Å². The molecule has 5 heteroatoms. The predicted molar refractivity (Wildman–Crippen MR) is 77.9 cm³/mol. The molecule has 19 heavy (non-hydrogen) atoms. The second kappa shape index (κ2) is 6.20. The minimum Gasteiger partial charge on any atom is -0.506 e. The zero-order valence-electron chi connectivity index (χ0n) is 10.6. The fraction of sp³-hybridized carbons (Fsp3) is 0.357. The van der Waals surface area contributed by atoms with Gasteiger partial charge in [0.15, 0.2) is 0 Å². The fourth-order valence-corrected chi connectivity index (χ4v) is 2.82. The van der Waals surface area contributed by atoms with Gasteiger partial charge in [0.1, 0.15) is 5.75 Å². The average Bonchev–Trinajstić information content (AvgIpc) is 2.45. The monoisotopic (exact) mass is 321 g/mol. The van der Waals surface area contributed by atoms with Crippen molar-refractivity contribution in [1.82, 2.24) is 10.2 Å². The van der Waals surface area contributed by atoms with E-state index in [0.717, 1.165) is 31.7 Å². The fourth-order valence-electron chi connectivity index (χ4n) is 2.34. The van der Waals surface area contributed by atoms with Gasteiger partial charge in [0.05, 0.1) is 22.1 Å². The minimum absolute atomic E-state index is 0.0771. The van der Waals surface area contributed by atoms with Crippen molar-refractivity contribution in [3.8, 4) is 11.8 Å². The molecule has 0 bridgehead atoms. The Morgan fingerprint density at radius 2 is 2.16 bits per heavy atom. The topological polar surface area (TPSA) is 59.3 Å². The van der Waals surface area contributed by atoms with E-state index in [4.69, 9.17) is 5.26 Å². The highest BCUT2D eigenvalue weighted by Gasteiger charge is 2.23. The quantitative estimate of drug-likeness (QED) is 0.838. The molecule has 0 unspecified atom stereocenters. The molecule has 1 aromatic rings. The summed E-state index contributed by atoms with van der Waals surface area (Å²) in [5, 5.41) is 22.5. The molecule has 2 rings (SSSR count). The van der Waals surface area contributed by atoms with Crippen LogP contribution in [0.15, 0.2) is 29.3 Å². The van der Waals surface area contributed by atoms with Crippen LogP contribution in [0, 0.1) is 11.3 Å². The van der Waals surface area contributed by atoms with E-state index in [0.29, 0.717) is 10.0 Å². The molecule has 0 radical (unpaired) electrons. The van der Waals surface area contributed by atoms with Crippen molar-refractivity contribution >= 4 is 15.9 Å². The van der Waals surface area contributed by atoms with Crippen LogP contribution in [0.2, 0.25) is 0 Å². The lowest BCUT2D eigenvalue weighted by molar-refractivity contribution is 0.201. The maximum Gasteiger partial charge on any atom is 0.134 e. The normalized spacial score (nSPS) is 17.7. The second-order valence-electron chi connectivity index (χ2n) is 4.47. The Morgan fingerprint density at radius 3 is 2.74 bits per heavy atom. The summed E-state index contributed by atoms with van der Waals surface area (Å²) in [5.74, 6) is 0.183. The Labute approximate surface area is 121 Å². The first kappa shape index (κ1) is 14.1. The Balaban J connectivity index is 2.39. The number of hydrogen-bond acceptors (Lipinski definition) is 4. The van der Waals surface area contributed by atoms with E-state index in [-0.39, 0.29) is 11.8 Å². The lowest BCUT2D eigenvalue weighted by Crippen LogP contribution is -2.44. The van der Waals surface area contributed by atoms with Crippen LogP contribution in [0.1, 0.15) is 17.2 Å². The van der Waals surface area contributed by atoms with Gasteiger partial charge in [-0.3, -0.25) is 4.90 Å². The first-order chi connectivity index (χ1) is 9.17. The highest BCUT2D eigenvalue weighted by atomic mass is 79.9. The van der Waals surface area contributed by atoms with Crippen molar-refractivity contribution in [2.24, 2.45) is 0 Å². The number of halogens is 1. The molecule has 0 aliphatic carbocycles. The SMILES string of the molecule is C=C[C@@H](c1cc(C#N)cc(Br)c1O)N1CCNCC1. The molecule has 1 aliphatic heterocycles. The molecule has 0 amide bonds. The predicted octanol–water partition coefficient (Wildman–Crippen LogP) is 2.16. The number of phenolic OH excluding ortho intramolecular Hbond substituents is 1. The van der Waals surface area contributed by atoms with Crippen molar-refractivity contribution in [1.29, 1.82) is 5.26 Å². The smallest absolute Gasteiger partial charge is 0.134 e. The number of rotatable bonds is 3.